The highest BCUT2D eigenvalue weighted by Crippen LogP contribution is 2.28. The molecule has 0 fully saturated rings. The first kappa shape index (κ1) is 13.9. The number of halogens is 3. The minimum atomic E-state index is -4.38. The molecule has 0 saturated heterocycles. The van der Waals surface area contributed by atoms with Crippen LogP contribution < -0.4 is 11.3 Å². The van der Waals surface area contributed by atoms with E-state index >= 15 is 0 Å². The van der Waals surface area contributed by atoms with Crippen LogP contribution in [-0.2, 0) is 10.9 Å². The summed E-state index contributed by atoms with van der Waals surface area (Å²) in [6.07, 6.45) is -3.59. The van der Waals surface area contributed by atoms with E-state index in [0.29, 0.717) is 12.3 Å². The molecule has 0 amide bonds. The van der Waals surface area contributed by atoms with Crippen molar-refractivity contribution in [1.29, 1.82) is 0 Å². The molecule has 0 spiro atoms. The molecule has 0 radical (unpaired) electrons. The van der Waals surface area contributed by atoms with Gasteiger partial charge in [-0.25, -0.2) is 5.43 Å². The molecule has 0 aliphatic rings. The molecule has 1 rings (SSSR count). The van der Waals surface area contributed by atoms with E-state index in [2.05, 4.69) is 10.4 Å². The molecule has 1 aromatic rings. The van der Waals surface area contributed by atoms with Crippen molar-refractivity contribution in [2.24, 2.45) is 5.84 Å². The smallest absolute Gasteiger partial charge is 0.380 e. The SMILES string of the molecule is CCOCC(NN)c1ccc(C(F)(F)F)cn1. The third-order valence-electron chi connectivity index (χ3n) is 2.16. The van der Waals surface area contributed by atoms with Crippen LogP contribution in [0, 0.1) is 0 Å². The number of nitrogens with one attached hydrogen (secondary N) is 1. The summed E-state index contributed by atoms with van der Waals surface area (Å²) >= 11 is 0. The van der Waals surface area contributed by atoms with E-state index in [1.54, 1.807) is 0 Å². The lowest BCUT2D eigenvalue weighted by molar-refractivity contribution is -0.137. The molecule has 3 N–H and O–H groups in total. The number of nitrogens with zero attached hydrogens (tertiary/aromatic N) is 1. The molecule has 1 atom stereocenters. The van der Waals surface area contributed by atoms with Gasteiger partial charge in [0, 0.05) is 12.8 Å². The maximum atomic E-state index is 12.3. The number of rotatable bonds is 5. The van der Waals surface area contributed by atoms with Crippen molar-refractivity contribution in [2.45, 2.75) is 19.1 Å². The Labute approximate surface area is 96.9 Å². The monoisotopic (exact) mass is 249 g/mol. The third-order valence-corrected chi connectivity index (χ3v) is 2.16. The van der Waals surface area contributed by atoms with Crippen molar-refractivity contribution in [3.8, 4) is 0 Å². The number of nitrogens with two attached hydrogens (primary N) is 1. The van der Waals surface area contributed by atoms with Gasteiger partial charge in [0.2, 0.25) is 0 Å². The van der Waals surface area contributed by atoms with E-state index < -0.39 is 17.8 Å². The van der Waals surface area contributed by atoms with Crippen molar-refractivity contribution in [1.82, 2.24) is 10.4 Å². The summed E-state index contributed by atoms with van der Waals surface area (Å²) in [5.74, 6) is 5.28. The lowest BCUT2D eigenvalue weighted by Gasteiger charge is -2.15. The zero-order valence-electron chi connectivity index (χ0n) is 9.29. The molecule has 7 heteroatoms. The van der Waals surface area contributed by atoms with Crippen molar-refractivity contribution in [2.75, 3.05) is 13.2 Å². The summed E-state index contributed by atoms with van der Waals surface area (Å²) in [5, 5.41) is 0. The molecular weight excluding hydrogens is 235 g/mol. The van der Waals surface area contributed by atoms with Crippen LogP contribution in [0.3, 0.4) is 0 Å². The molecule has 0 aromatic carbocycles. The topological polar surface area (TPSA) is 60.2 Å². The Morgan fingerprint density at radius 3 is 2.59 bits per heavy atom. The average Bonchev–Trinajstić information content (AvgIpc) is 2.29. The maximum Gasteiger partial charge on any atom is 0.417 e. The molecular formula is C10H14F3N3O. The van der Waals surface area contributed by atoms with Crippen LogP contribution in [0.1, 0.15) is 24.2 Å². The van der Waals surface area contributed by atoms with Gasteiger partial charge >= 0.3 is 6.18 Å². The van der Waals surface area contributed by atoms with Gasteiger partial charge in [0.1, 0.15) is 0 Å². The quantitative estimate of drug-likeness (QED) is 0.615. The first-order valence-corrected chi connectivity index (χ1v) is 5.06. The largest absolute Gasteiger partial charge is 0.417 e. The second kappa shape index (κ2) is 5.95. The second-order valence-electron chi connectivity index (χ2n) is 3.35. The van der Waals surface area contributed by atoms with Gasteiger partial charge in [-0.1, -0.05) is 0 Å². The van der Waals surface area contributed by atoms with Gasteiger partial charge in [-0.3, -0.25) is 10.8 Å². The first-order chi connectivity index (χ1) is 7.99. The predicted molar refractivity (Wildman–Crippen MR) is 55.8 cm³/mol. The molecule has 0 aliphatic carbocycles. The number of ether oxygens (including phenoxy) is 1. The van der Waals surface area contributed by atoms with Crippen molar-refractivity contribution >= 4 is 0 Å². The average molecular weight is 249 g/mol. The van der Waals surface area contributed by atoms with Crippen molar-refractivity contribution in [3.63, 3.8) is 0 Å². The van der Waals surface area contributed by atoms with Gasteiger partial charge in [0.25, 0.3) is 0 Å². The van der Waals surface area contributed by atoms with Crippen LogP contribution in [0.5, 0.6) is 0 Å². The Morgan fingerprint density at radius 1 is 1.47 bits per heavy atom. The van der Waals surface area contributed by atoms with Gasteiger partial charge in [0.15, 0.2) is 0 Å². The van der Waals surface area contributed by atoms with Gasteiger partial charge in [-0.15, -0.1) is 0 Å². The highest BCUT2D eigenvalue weighted by Gasteiger charge is 2.30. The number of hydrazine groups is 1. The third kappa shape index (κ3) is 3.95. The number of hydrogen-bond donors (Lipinski definition) is 2. The van der Waals surface area contributed by atoms with E-state index in [1.807, 2.05) is 6.92 Å². The van der Waals surface area contributed by atoms with Gasteiger partial charge in [-0.05, 0) is 19.1 Å². The Hall–Kier alpha value is -1.18. The highest BCUT2D eigenvalue weighted by atomic mass is 19.4. The van der Waals surface area contributed by atoms with E-state index in [0.717, 1.165) is 12.3 Å². The van der Waals surface area contributed by atoms with Crippen LogP contribution in [0.4, 0.5) is 13.2 Å². The normalized spacial score (nSPS) is 13.7. The molecule has 17 heavy (non-hydrogen) atoms. The summed E-state index contributed by atoms with van der Waals surface area (Å²) in [5.41, 5.74) is 2.07. The molecule has 0 aliphatic heterocycles. The summed E-state index contributed by atoms with van der Waals surface area (Å²) in [6.45, 7) is 2.57. The summed E-state index contributed by atoms with van der Waals surface area (Å²) < 4.78 is 42.0. The molecule has 1 heterocycles. The zero-order valence-corrected chi connectivity index (χ0v) is 9.29. The lowest BCUT2D eigenvalue weighted by atomic mass is 10.2. The molecule has 0 saturated carbocycles. The van der Waals surface area contributed by atoms with E-state index in [4.69, 9.17) is 10.6 Å². The van der Waals surface area contributed by atoms with Gasteiger partial charge < -0.3 is 4.74 Å². The van der Waals surface area contributed by atoms with Crippen LogP contribution >= 0.6 is 0 Å². The Bertz CT molecular complexity index is 340. The molecule has 4 nitrogen and oxygen atoms in total. The van der Waals surface area contributed by atoms with Gasteiger partial charge in [0.05, 0.1) is 23.9 Å². The molecule has 0 bridgehead atoms. The Morgan fingerprint density at radius 2 is 2.18 bits per heavy atom. The molecule has 1 aromatic heterocycles. The van der Waals surface area contributed by atoms with Crippen molar-refractivity contribution in [3.05, 3.63) is 29.6 Å². The number of aromatic nitrogens is 1. The van der Waals surface area contributed by atoms with Gasteiger partial charge in [-0.2, -0.15) is 13.2 Å². The maximum absolute atomic E-state index is 12.3. The van der Waals surface area contributed by atoms with Crippen LogP contribution in [0.15, 0.2) is 18.3 Å². The van der Waals surface area contributed by atoms with Crippen LogP contribution in [0.25, 0.3) is 0 Å². The minimum Gasteiger partial charge on any atom is -0.380 e. The highest BCUT2D eigenvalue weighted by molar-refractivity contribution is 5.18. The fourth-order valence-corrected chi connectivity index (χ4v) is 1.23. The number of pyridine rings is 1. The van der Waals surface area contributed by atoms with Crippen LogP contribution in [-0.4, -0.2) is 18.2 Å². The first-order valence-electron chi connectivity index (χ1n) is 5.06. The number of alkyl halides is 3. The van der Waals surface area contributed by atoms with E-state index in [9.17, 15) is 13.2 Å². The van der Waals surface area contributed by atoms with E-state index in [-0.39, 0.29) is 6.61 Å². The van der Waals surface area contributed by atoms with E-state index in [1.165, 1.54) is 6.07 Å². The summed E-state index contributed by atoms with van der Waals surface area (Å²) in [6, 6.07) is 1.84. The Kier molecular flexibility index (Phi) is 4.86. The predicted octanol–water partition coefficient (Wildman–Crippen LogP) is 1.64. The molecule has 96 valence electrons. The minimum absolute atomic E-state index is 0.255. The fraction of sp³-hybridized carbons (Fsp3) is 0.500. The Balaban J connectivity index is 2.78. The second-order valence-corrected chi connectivity index (χ2v) is 3.35. The number of hydrogen-bond acceptors (Lipinski definition) is 4. The summed E-state index contributed by atoms with van der Waals surface area (Å²) in [7, 11) is 0. The fourth-order valence-electron chi connectivity index (χ4n) is 1.23. The van der Waals surface area contributed by atoms with Crippen molar-refractivity contribution < 1.29 is 17.9 Å². The standard InChI is InChI=1S/C10H14F3N3O/c1-2-17-6-9(16-14)8-4-3-7(5-15-8)10(11,12)13/h3-5,9,16H,2,6,14H2,1H3. The summed E-state index contributed by atoms with van der Waals surface area (Å²) in [4.78, 5) is 3.73. The van der Waals surface area contributed by atoms with Crippen LogP contribution in [0.2, 0.25) is 0 Å². The lowest BCUT2D eigenvalue weighted by Crippen LogP contribution is -2.32. The molecule has 1 unspecified atom stereocenters. The zero-order chi connectivity index (χ0) is 12.9.